The van der Waals surface area contributed by atoms with Crippen LogP contribution in [-0.2, 0) is 12.1 Å². The number of benzene rings is 1. The van der Waals surface area contributed by atoms with Crippen LogP contribution < -0.4 is 0 Å². The van der Waals surface area contributed by atoms with E-state index in [1.807, 2.05) is 6.07 Å². The first-order valence-electron chi connectivity index (χ1n) is 7.09. The first kappa shape index (κ1) is 16.1. The zero-order valence-corrected chi connectivity index (χ0v) is 14.5. The maximum atomic E-state index is 11.6. The Balaban J connectivity index is 2.09. The molecule has 2 atom stereocenters. The second-order valence-electron chi connectivity index (χ2n) is 5.76. The molecule has 1 aromatic heterocycles. The summed E-state index contributed by atoms with van der Waals surface area (Å²) in [6.45, 7) is 2.39. The van der Waals surface area contributed by atoms with Crippen molar-refractivity contribution in [2.45, 2.75) is 36.7 Å². The van der Waals surface area contributed by atoms with Gasteiger partial charge in [0.2, 0.25) is 0 Å². The lowest BCUT2D eigenvalue weighted by molar-refractivity contribution is -0.0200. The molecule has 0 aliphatic carbocycles. The number of nitrogens with zero attached hydrogens (tertiary/aromatic N) is 3. The van der Waals surface area contributed by atoms with E-state index in [2.05, 4.69) is 17.0 Å². The molecule has 0 amide bonds. The molecule has 7 heteroatoms. The average Bonchev–Trinajstić information content (AvgIpc) is 3.11. The Bertz CT molecular complexity index is 659. The van der Waals surface area contributed by atoms with Gasteiger partial charge in [0.25, 0.3) is 0 Å². The van der Waals surface area contributed by atoms with Crippen molar-refractivity contribution in [1.82, 2.24) is 14.8 Å². The fourth-order valence-electron chi connectivity index (χ4n) is 3.02. The Labute approximate surface area is 143 Å². The van der Waals surface area contributed by atoms with Crippen LogP contribution in [0.4, 0.5) is 0 Å². The van der Waals surface area contributed by atoms with E-state index in [-0.39, 0.29) is 4.75 Å². The monoisotopic (exact) mass is 357 g/mol. The standard InChI is InChI=1S/C15H17Cl2N3OS/c1-14(5-2-6-22-14)15(21,8-20-10-18-9-19-20)12-4-3-11(16)7-13(12)17/h3-4,7,9-10,21H,2,5-6,8H2,1H3/t14-,15-/m0/s1. The number of hydrogen-bond acceptors (Lipinski definition) is 4. The first-order valence-corrected chi connectivity index (χ1v) is 8.83. The van der Waals surface area contributed by atoms with Crippen molar-refractivity contribution in [3.63, 3.8) is 0 Å². The summed E-state index contributed by atoms with van der Waals surface area (Å²) < 4.78 is 1.31. The van der Waals surface area contributed by atoms with E-state index in [1.54, 1.807) is 34.9 Å². The third kappa shape index (κ3) is 2.75. The van der Waals surface area contributed by atoms with Crippen molar-refractivity contribution in [3.8, 4) is 0 Å². The van der Waals surface area contributed by atoms with E-state index >= 15 is 0 Å². The predicted octanol–water partition coefficient (Wildman–Crippen LogP) is 3.76. The summed E-state index contributed by atoms with van der Waals surface area (Å²) in [5.74, 6) is 1.03. The van der Waals surface area contributed by atoms with Crippen molar-refractivity contribution >= 4 is 35.0 Å². The second-order valence-corrected chi connectivity index (χ2v) is 8.20. The van der Waals surface area contributed by atoms with Crippen LogP contribution in [0.15, 0.2) is 30.9 Å². The molecule has 1 fully saturated rings. The molecule has 1 N–H and O–H groups in total. The van der Waals surface area contributed by atoms with Crippen molar-refractivity contribution in [2.24, 2.45) is 0 Å². The van der Waals surface area contributed by atoms with Gasteiger partial charge >= 0.3 is 0 Å². The number of rotatable bonds is 4. The molecule has 1 aliphatic rings. The highest BCUT2D eigenvalue weighted by Gasteiger charge is 2.51. The first-order chi connectivity index (χ1) is 10.4. The van der Waals surface area contributed by atoms with E-state index in [4.69, 9.17) is 23.2 Å². The third-order valence-electron chi connectivity index (χ3n) is 4.33. The lowest BCUT2D eigenvalue weighted by Crippen LogP contribution is -2.49. The highest BCUT2D eigenvalue weighted by atomic mass is 35.5. The minimum Gasteiger partial charge on any atom is -0.382 e. The summed E-state index contributed by atoms with van der Waals surface area (Å²) in [4.78, 5) is 3.97. The van der Waals surface area contributed by atoms with Gasteiger partial charge in [-0.1, -0.05) is 29.3 Å². The summed E-state index contributed by atoms with van der Waals surface area (Å²) in [6, 6.07) is 5.25. The number of aliphatic hydroxyl groups is 1. The summed E-state index contributed by atoms with van der Waals surface area (Å²) in [5.41, 5.74) is -0.463. The maximum absolute atomic E-state index is 11.6. The van der Waals surface area contributed by atoms with E-state index in [0.29, 0.717) is 22.2 Å². The molecule has 1 aromatic carbocycles. The quantitative estimate of drug-likeness (QED) is 0.904. The summed E-state index contributed by atoms with van der Waals surface area (Å²) >= 11 is 14.2. The molecule has 2 heterocycles. The number of aromatic nitrogens is 3. The SMILES string of the molecule is C[C@@]1([C@](O)(Cn2cncn2)c2ccc(Cl)cc2Cl)CCCS1. The van der Waals surface area contributed by atoms with Crippen LogP contribution in [0.3, 0.4) is 0 Å². The van der Waals surface area contributed by atoms with Crippen LogP contribution in [0, 0.1) is 0 Å². The van der Waals surface area contributed by atoms with Gasteiger partial charge < -0.3 is 5.11 Å². The molecule has 0 radical (unpaired) electrons. The van der Waals surface area contributed by atoms with Crippen LogP contribution in [0.25, 0.3) is 0 Å². The zero-order chi connectivity index (χ0) is 15.8. The Kier molecular flexibility index (Phi) is 4.42. The van der Waals surface area contributed by atoms with Crippen LogP contribution in [-0.4, -0.2) is 30.4 Å². The lowest BCUT2D eigenvalue weighted by atomic mass is 9.79. The van der Waals surface area contributed by atoms with Gasteiger partial charge in [0.15, 0.2) is 0 Å². The molecular formula is C15H17Cl2N3OS. The molecule has 0 unspecified atom stereocenters. The Hall–Kier alpha value is -0.750. The van der Waals surface area contributed by atoms with Crippen molar-refractivity contribution in [3.05, 3.63) is 46.5 Å². The maximum Gasteiger partial charge on any atom is 0.137 e. The van der Waals surface area contributed by atoms with Gasteiger partial charge in [-0.25, -0.2) is 9.67 Å². The zero-order valence-electron chi connectivity index (χ0n) is 12.2. The largest absolute Gasteiger partial charge is 0.382 e. The molecule has 118 valence electrons. The minimum atomic E-state index is -1.15. The molecule has 4 nitrogen and oxygen atoms in total. The van der Waals surface area contributed by atoms with E-state index < -0.39 is 5.60 Å². The molecular weight excluding hydrogens is 341 g/mol. The van der Waals surface area contributed by atoms with Crippen molar-refractivity contribution in [2.75, 3.05) is 5.75 Å². The minimum absolute atomic E-state index is 0.303. The normalized spacial score (nSPS) is 24.4. The van der Waals surface area contributed by atoms with Crippen LogP contribution in [0.5, 0.6) is 0 Å². The summed E-state index contributed by atoms with van der Waals surface area (Å²) in [6.07, 6.45) is 5.07. The van der Waals surface area contributed by atoms with E-state index in [1.165, 1.54) is 6.33 Å². The second kappa shape index (κ2) is 6.04. The van der Waals surface area contributed by atoms with Gasteiger partial charge in [-0.15, -0.1) is 0 Å². The van der Waals surface area contributed by atoms with Gasteiger partial charge in [0.05, 0.1) is 6.54 Å². The molecule has 0 saturated carbocycles. The van der Waals surface area contributed by atoms with Gasteiger partial charge in [-0.05, 0) is 37.7 Å². The molecule has 1 saturated heterocycles. The molecule has 0 bridgehead atoms. The fourth-order valence-corrected chi connectivity index (χ4v) is 5.02. The predicted molar refractivity (Wildman–Crippen MR) is 90.5 cm³/mol. The summed E-state index contributed by atoms with van der Waals surface area (Å²) in [7, 11) is 0. The fraction of sp³-hybridized carbons (Fsp3) is 0.467. The lowest BCUT2D eigenvalue weighted by Gasteiger charge is -2.42. The van der Waals surface area contributed by atoms with Gasteiger partial charge in [0.1, 0.15) is 18.3 Å². The number of halogens is 2. The van der Waals surface area contributed by atoms with Gasteiger partial charge in [0, 0.05) is 20.4 Å². The highest BCUT2D eigenvalue weighted by molar-refractivity contribution is 8.00. The molecule has 3 rings (SSSR count). The smallest absolute Gasteiger partial charge is 0.137 e. The molecule has 1 aliphatic heterocycles. The third-order valence-corrected chi connectivity index (χ3v) is 6.55. The summed E-state index contributed by atoms with van der Waals surface area (Å²) in [5, 5.41) is 16.8. The molecule has 2 aromatic rings. The van der Waals surface area contributed by atoms with Crippen LogP contribution >= 0.6 is 35.0 Å². The van der Waals surface area contributed by atoms with Crippen LogP contribution in [0.2, 0.25) is 10.0 Å². The Morgan fingerprint density at radius 1 is 1.45 bits per heavy atom. The van der Waals surface area contributed by atoms with E-state index in [0.717, 1.165) is 18.6 Å². The Morgan fingerprint density at radius 2 is 2.27 bits per heavy atom. The average molecular weight is 358 g/mol. The van der Waals surface area contributed by atoms with Gasteiger partial charge in [-0.2, -0.15) is 16.9 Å². The molecule has 22 heavy (non-hydrogen) atoms. The topological polar surface area (TPSA) is 50.9 Å². The number of hydrogen-bond donors (Lipinski definition) is 1. The van der Waals surface area contributed by atoms with Crippen LogP contribution in [0.1, 0.15) is 25.3 Å². The molecule has 0 spiro atoms. The van der Waals surface area contributed by atoms with Crippen molar-refractivity contribution in [1.29, 1.82) is 0 Å². The highest BCUT2D eigenvalue weighted by Crippen LogP contribution is 2.52. The number of thioether (sulfide) groups is 1. The van der Waals surface area contributed by atoms with Gasteiger partial charge in [-0.3, -0.25) is 0 Å². The Morgan fingerprint density at radius 3 is 2.86 bits per heavy atom. The van der Waals surface area contributed by atoms with E-state index in [9.17, 15) is 5.11 Å². The van der Waals surface area contributed by atoms with Crippen molar-refractivity contribution < 1.29 is 5.11 Å².